The zero-order valence-corrected chi connectivity index (χ0v) is 19.3. The highest BCUT2D eigenvalue weighted by Gasteiger charge is 2.04. The van der Waals surface area contributed by atoms with Crippen molar-refractivity contribution in [3.05, 3.63) is 35.6 Å². The summed E-state index contributed by atoms with van der Waals surface area (Å²) in [6.07, 6.45) is 3.29. The maximum absolute atomic E-state index is 13.1. The molecule has 160 valence electrons. The lowest BCUT2D eigenvalue weighted by atomic mass is 10.1. The number of hydrogen-bond acceptors (Lipinski definition) is 3. The van der Waals surface area contributed by atoms with Crippen LogP contribution < -0.4 is 16.0 Å². The minimum absolute atomic E-state index is 0. The first-order valence-electron chi connectivity index (χ1n) is 9.76. The molecule has 0 unspecified atom stereocenters. The molecule has 6 nitrogen and oxygen atoms in total. The van der Waals surface area contributed by atoms with Crippen LogP contribution in [-0.2, 0) is 16.0 Å². The molecule has 0 saturated carbocycles. The molecule has 0 aromatic heterocycles. The van der Waals surface area contributed by atoms with Crippen LogP contribution in [0.4, 0.5) is 4.39 Å². The lowest BCUT2D eigenvalue weighted by Gasteiger charge is -2.12. The van der Waals surface area contributed by atoms with E-state index in [-0.39, 0.29) is 42.1 Å². The van der Waals surface area contributed by atoms with E-state index in [0.717, 1.165) is 45.0 Å². The molecule has 0 aliphatic heterocycles. The van der Waals surface area contributed by atoms with Crippen LogP contribution in [0.1, 0.15) is 38.7 Å². The molecule has 0 radical (unpaired) electrons. The van der Waals surface area contributed by atoms with Gasteiger partial charge in [0.05, 0.1) is 6.42 Å². The van der Waals surface area contributed by atoms with Crippen LogP contribution in [0.15, 0.2) is 29.3 Å². The Morgan fingerprint density at radius 1 is 1.11 bits per heavy atom. The molecule has 0 aliphatic rings. The Morgan fingerprint density at radius 3 is 2.57 bits per heavy atom. The van der Waals surface area contributed by atoms with Crippen molar-refractivity contribution in [2.75, 3.05) is 39.4 Å². The molecule has 0 saturated heterocycles. The summed E-state index contributed by atoms with van der Waals surface area (Å²) in [4.78, 5) is 16.4. The van der Waals surface area contributed by atoms with Crippen LogP contribution in [0.2, 0.25) is 0 Å². The minimum atomic E-state index is -0.329. The second-order valence-corrected chi connectivity index (χ2v) is 6.16. The molecule has 0 heterocycles. The van der Waals surface area contributed by atoms with Crippen molar-refractivity contribution in [1.82, 2.24) is 16.0 Å². The number of nitrogens with one attached hydrogen (secondary N) is 3. The summed E-state index contributed by atoms with van der Waals surface area (Å²) in [5.74, 6) is 0.267. The Bertz CT molecular complexity index is 573. The third-order valence-electron chi connectivity index (χ3n) is 3.70. The topological polar surface area (TPSA) is 74.8 Å². The van der Waals surface area contributed by atoms with Crippen LogP contribution in [-0.4, -0.2) is 51.3 Å². The molecule has 1 amide bonds. The summed E-state index contributed by atoms with van der Waals surface area (Å²) in [6, 6.07) is 6.08. The van der Waals surface area contributed by atoms with E-state index < -0.39 is 0 Å². The average molecular weight is 508 g/mol. The molecule has 1 aromatic carbocycles. The van der Waals surface area contributed by atoms with Crippen molar-refractivity contribution < 1.29 is 13.9 Å². The molecule has 1 aromatic rings. The molecule has 0 atom stereocenters. The van der Waals surface area contributed by atoms with Crippen molar-refractivity contribution >= 4 is 35.8 Å². The fourth-order valence-corrected chi connectivity index (χ4v) is 2.33. The van der Waals surface area contributed by atoms with Gasteiger partial charge in [0.2, 0.25) is 5.91 Å². The number of carbonyl (C=O) groups is 1. The lowest BCUT2D eigenvalue weighted by molar-refractivity contribution is -0.120. The smallest absolute Gasteiger partial charge is 0.224 e. The summed E-state index contributed by atoms with van der Waals surface area (Å²) in [7, 11) is 0. The zero-order valence-electron chi connectivity index (χ0n) is 16.9. The Kier molecular flexibility index (Phi) is 16.8. The van der Waals surface area contributed by atoms with Crippen LogP contribution in [0.3, 0.4) is 0 Å². The van der Waals surface area contributed by atoms with E-state index in [1.54, 1.807) is 12.1 Å². The van der Waals surface area contributed by atoms with E-state index >= 15 is 0 Å². The van der Waals surface area contributed by atoms with Crippen molar-refractivity contribution in [2.45, 2.75) is 39.5 Å². The maximum atomic E-state index is 13.1. The van der Waals surface area contributed by atoms with Gasteiger partial charge in [0.15, 0.2) is 5.96 Å². The number of hydrogen-bond donors (Lipinski definition) is 3. The van der Waals surface area contributed by atoms with Gasteiger partial charge in [-0.3, -0.25) is 9.79 Å². The number of benzene rings is 1. The van der Waals surface area contributed by atoms with Gasteiger partial charge in [0.1, 0.15) is 5.82 Å². The molecule has 0 fully saturated rings. The lowest BCUT2D eigenvalue weighted by Crippen LogP contribution is -2.41. The first-order chi connectivity index (χ1) is 13.2. The minimum Gasteiger partial charge on any atom is -0.381 e. The van der Waals surface area contributed by atoms with E-state index in [2.05, 4.69) is 27.9 Å². The van der Waals surface area contributed by atoms with Gasteiger partial charge in [0.25, 0.3) is 0 Å². The van der Waals surface area contributed by atoms with Gasteiger partial charge in [-0.25, -0.2) is 4.39 Å². The van der Waals surface area contributed by atoms with Gasteiger partial charge >= 0.3 is 0 Å². The van der Waals surface area contributed by atoms with E-state index in [1.807, 2.05) is 6.92 Å². The number of nitrogens with zero attached hydrogens (tertiary/aromatic N) is 1. The molecular weight excluding hydrogens is 474 g/mol. The van der Waals surface area contributed by atoms with Crippen molar-refractivity contribution in [3.63, 3.8) is 0 Å². The molecule has 1 rings (SSSR count). The number of guanidine groups is 1. The Labute approximate surface area is 185 Å². The third kappa shape index (κ3) is 13.7. The van der Waals surface area contributed by atoms with Gasteiger partial charge in [-0.2, -0.15) is 0 Å². The van der Waals surface area contributed by atoms with Crippen LogP contribution in [0.5, 0.6) is 0 Å². The van der Waals surface area contributed by atoms with E-state index in [1.165, 1.54) is 12.1 Å². The SMILES string of the molecule is CCCCOCCCN=C(NCC)NCCNC(=O)Cc1cccc(F)c1.I. The van der Waals surface area contributed by atoms with E-state index in [4.69, 9.17) is 4.74 Å². The largest absolute Gasteiger partial charge is 0.381 e. The highest BCUT2D eigenvalue weighted by Crippen LogP contribution is 2.03. The van der Waals surface area contributed by atoms with Gasteiger partial charge in [-0.15, -0.1) is 24.0 Å². The van der Waals surface area contributed by atoms with Crippen molar-refractivity contribution in [2.24, 2.45) is 4.99 Å². The molecular formula is C20H34FIN4O2. The predicted molar refractivity (Wildman–Crippen MR) is 123 cm³/mol. The molecule has 28 heavy (non-hydrogen) atoms. The van der Waals surface area contributed by atoms with Gasteiger partial charge in [0, 0.05) is 39.4 Å². The van der Waals surface area contributed by atoms with Crippen LogP contribution in [0, 0.1) is 5.82 Å². The van der Waals surface area contributed by atoms with Gasteiger partial charge in [-0.1, -0.05) is 25.5 Å². The molecule has 0 aliphatic carbocycles. The highest BCUT2D eigenvalue weighted by atomic mass is 127. The summed E-state index contributed by atoms with van der Waals surface area (Å²) in [5, 5.41) is 9.17. The number of halogens is 2. The second-order valence-electron chi connectivity index (χ2n) is 6.16. The average Bonchev–Trinajstić information content (AvgIpc) is 2.64. The molecule has 3 N–H and O–H groups in total. The summed E-state index contributed by atoms with van der Waals surface area (Å²) < 4.78 is 18.6. The standard InChI is InChI=1S/C20H33FN4O2.HI/c1-3-5-13-27-14-7-10-24-20(22-4-2)25-12-11-23-19(26)16-17-8-6-9-18(21)15-17;/h6,8-9,15H,3-5,7,10-14,16H2,1-2H3,(H,23,26)(H2,22,24,25);1H. The summed E-state index contributed by atoms with van der Waals surface area (Å²) in [6.45, 7) is 8.18. The van der Waals surface area contributed by atoms with Crippen LogP contribution in [0.25, 0.3) is 0 Å². The number of rotatable bonds is 13. The summed E-state index contributed by atoms with van der Waals surface area (Å²) in [5.41, 5.74) is 0.663. The molecule has 0 spiro atoms. The number of carbonyl (C=O) groups excluding carboxylic acids is 1. The fraction of sp³-hybridized carbons (Fsp3) is 0.600. The third-order valence-corrected chi connectivity index (χ3v) is 3.70. The first-order valence-corrected chi connectivity index (χ1v) is 9.76. The van der Waals surface area contributed by atoms with Gasteiger partial charge < -0.3 is 20.7 Å². The Morgan fingerprint density at radius 2 is 1.86 bits per heavy atom. The van der Waals surface area contributed by atoms with Gasteiger partial charge in [-0.05, 0) is 37.5 Å². The number of aliphatic imine (C=N–C) groups is 1. The highest BCUT2D eigenvalue weighted by molar-refractivity contribution is 14.0. The fourth-order valence-electron chi connectivity index (χ4n) is 2.33. The van der Waals surface area contributed by atoms with Crippen molar-refractivity contribution in [1.29, 1.82) is 0 Å². The Balaban J connectivity index is 0.00000729. The maximum Gasteiger partial charge on any atom is 0.224 e. The number of ether oxygens (including phenoxy) is 1. The quantitative estimate of drug-likeness (QED) is 0.166. The van der Waals surface area contributed by atoms with E-state index in [0.29, 0.717) is 25.2 Å². The monoisotopic (exact) mass is 508 g/mol. The Hall–Kier alpha value is -1.42. The van der Waals surface area contributed by atoms with Crippen molar-refractivity contribution in [3.8, 4) is 0 Å². The molecule has 0 bridgehead atoms. The normalized spacial score (nSPS) is 10.9. The zero-order chi connectivity index (χ0) is 19.7. The molecule has 8 heteroatoms. The van der Waals surface area contributed by atoms with Crippen LogP contribution >= 0.6 is 24.0 Å². The first kappa shape index (κ1) is 26.6. The van der Waals surface area contributed by atoms with E-state index in [9.17, 15) is 9.18 Å². The predicted octanol–water partition coefficient (Wildman–Crippen LogP) is 2.86. The number of unbranched alkanes of at least 4 members (excludes halogenated alkanes) is 1. The summed E-state index contributed by atoms with van der Waals surface area (Å²) >= 11 is 0. The second kappa shape index (κ2) is 17.7. The number of amides is 1.